The summed E-state index contributed by atoms with van der Waals surface area (Å²) in [4.78, 5) is 0. The van der Waals surface area contributed by atoms with Crippen LogP contribution in [-0.2, 0) is 29.2 Å². The van der Waals surface area contributed by atoms with Crippen LogP contribution < -0.4 is 5.71 Å². The normalized spacial score (nSPS) is 11.2. The number of aryl methyl sites for hydroxylation is 2. The molecule has 4 aromatic rings. The summed E-state index contributed by atoms with van der Waals surface area (Å²) in [5.74, 6) is 1.87. The van der Waals surface area contributed by atoms with E-state index in [9.17, 15) is 0 Å². The second-order valence-corrected chi connectivity index (χ2v) is 18.5. The number of hydrogen-bond donors (Lipinski definition) is 0. The summed E-state index contributed by atoms with van der Waals surface area (Å²) in [5.41, 5.74) is 4.81. The number of hydrogen-bond acceptors (Lipinski definition) is 2. The van der Waals surface area contributed by atoms with Gasteiger partial charge in [-0.1, -0.05) is 0 Å². The van der Waals surface area contributed by atoms with Crippen LogP contribution in [0.5, 0.6) is 11.5 Å². The van der Waals surface area contributed by atoms with Crippen LogP contribution in [0, 0.1) is 13.8 Å². The average molecular weight is 575 g/mol. The van der Waals surface area contributed by atoms with Gasteiger partial charge in [0.15, 0.2) is 0 Å². The van der Waals surface area contributed by atoms with Gasteiger partial charge in [-0.05, 0) is 0 Å². The Kier molecular flexibility index (Phi) is 7.03. The van der Waals surface area contributed by atoms with Crippen LogP contribution in [0.15, 0.2) is 109 Å². The van der Waals surface area contributed by atoms with Crippen molar-refractivity contribution >= 4 is 0 Å². The van der Waals surface area contributed by atoms with Crippen molar-refractivity contribution in [1.82, 2.24) is 0 Å². The molecule has 156 valence electrons. The van der Waals surface area contributed by atoms with Crippen LogP contribution in [0.4, 0.5) is 0 Å². The Balaban J connectivity index is 1.81. The van der Waals surface area contributed by atoms with E-state index < -0.39 is 20.8 Å². The zero-order chi connectivity index (χ0) is 21.5. The molecule has 0 fully saturated rings. The first-order valence-electron chi connectivity index (χ1n) is 10.7. The van der Waals surface area contributed by atoms with Gasteiger partial charge in [-0.2, -0.15) is 0 Å². The summed E-state index contributed by atoms with van der Waals surface area (Å²) in [6.45, 7) is 4.21. The molecule has 0 radical (unpaired) electrons. The summed E-state index contributed by atoms with van der Waals surface area (Å²) < 4.78 is 15.7. The summed E-state index contributed by atoms with van der Waals surface area (Å²) in [5, 5.41) is 0. The van der Waals surface area contributed by atoms with E-state index in [0.717, 1.165) is 31.0 Å². The molecule has 0 heterocycles. The van der Waals surface area contributed by atoms with Gasteiger partial charge in [0.05, 0.1) is 0 Å². The van der Waals surface area contributed by atoms with Gasteiger partial charge < -0.3 is 0 Å². The fourth-order valence-electron chi connectivity index (χ4n) is 3.78. The van der Waals surface area contributed by atoms with E-state index in [1.165, 1.54) is 11.1 Å². The van der Waals surface area contributed by atoms with Gasteiger partial charge in [0, 0.05) is 0 Å². The second kappa shape index (κ2) is 10.1. The van der Waals surface area contributed by atoms with Gasteiger partial charge in [0.1, 0.15) is 0 Å². The topological polar surface area (TPSA) is 18.5 Å². The second-order valence-electron chi connectivity index (χ2n) is 7.97. The minimum absolute atomic E-state index is 0.839. The molecule has 0 N–H and O–H groups in total. The summed E-state index contributed by atoms with van der Waals surface area (Å²) in [6, 6.07) is 37.8. The quantitative estimate of drug-likeness (QED) is 0.208. The van der Waals surface area contributed by atoms with Crippen LogP contribution in [0.3, 0.4) is 0 Å². The molecule has 0 aliphatic carbocycles. The SMILES string of the molecule is Cc1ccccc1[O][Hf]([CH2]c1ccccc1)([CH2]c1ccccc1)[O]c1ccccc1C. The van der Waals surface area contributed by atoms with E-state index in [1.54, 1.807) is 0 Å². The minimum atomic E-state index is -3.97. The molecule has 0 atom stereocenters. The third-order valence-corrected chi connectivity index (χ3v) is 16.5. The van der Waals surface area contributed by atoms with Crippen LogP contribution in [0.2, 0.25) is 0 Å². The van der Waals surface area contributed by atoms with E-state index in [2.05, 4.69) is 111 Å². The Hall–Kier alpha value is -2.65. The third-order valence-electron chi connectivity index (χ3n) is 5.41. The summed E-state index contributed by atoms with van der Waals surface area (Å²) in [6.07, 6.45) is 0. The molecule has 0 aliphatic heterocycles. The predicted octanol–water partition coefficient (Wildman–Crippen LogP) is 7.15. The van der Waals surface area contributed by atoms with Crippen molar-refractivity contribution in [2.24, 2.45) is 0 Å². The molecule has 0 spiro atoms. The summed E-state index contributed by atoms with van der Waals surface area (Å²) in [7, 11) is 0. The fraction of sp³-hybridized carbons (Fsp3) is 0.143. The monoisotopic (exact) mass is 576 g/mol. The zero-order valence-corrected chi connectivity index (χ0v) is 21.7. The van der Waals surface area contributed by atoms with Crippen molar-refractivity contribution in [3.63, 3.8) is 0 Å². The van der Waals surface area contributed by atoms with Gasteiger partial charge in [-0.3, -0.25) is 0 Å². The number of para-hydroxylation sites is 2. The Morgan fingerprint density at radius 1 is 0.484 bits per heavy atom. The average Bonchev–Trinajstić information content (AvgIpc) is 2.78. The molecule has 4 rings (SSSR count). The van der Waals surface area contributed by atoms with Gasteiger partial charge in [0.2, 0.25) is 0 Å². The molecule has 0 bridgehead atoms. The molecule has 0 aromatic heterocycles. The molecule has 0 unspecified atom stereocenters. The Bertz CT molecular complexity index is 1020. The predicted molar refractivity (Wildman–Crippen MR) is 124 cm³/mol. The van der Waals surface area contributed by atoms with Gasteiger partial charge >= 0.3 is 192 Å². The molecule has 31 heavy (non-hydrogen) atoms. The van der Waals surface area contributed by atoms with Crippen molar-refractivity contribution in [3.05, 3.63) is 131 Å². The fourth-order valence-corrected chi connectivity index (χ4v) is 16.1. The van der Waals surface area contributed by atoms with Crippen molar-refractivity contribution in [2.75, 3.05) is 0 Å². The molecule has 0 saturated heterocycles. The van der Waals surface area contributed by atoms with Crippen LogP contribution in [0.25, 0.3) is 0 Å². The van der Waals surface area contributed by atoms with E-state index >= 15 is 0 Å². The zero-order valence-electron chi connectivity index (χ0n) is 18.1. The van der Waals surface area contributed by atoms with Gasteiger partial charge in [-0.25, -0.2) is 0 Å². The van der Waals surface area contributed by atoms with Gasteiger partial charge in [0.25, 0.3) is 0 Å². The van der Waals surface area contributed by atoms with E-state index in [0.29, 0.717) is 0 Å². The number of rotatable bonds is 8. The first kappa shape index (κ1) is 21.6. The molecule has 0 amide bonds. The van der Waals surface area contributed by atoms with Crippen molar-refractivity contribution in [2.45, 2.75) is 22.2 Å². The van der Waals surface area contributed by atoms with Crippen LogP contribution in [-0.4, -0.2) is 0 Å². The molecule has 3 heteroatoms. The van der Waals surface area contributed by atoms with Crippen molar-refractivity contribution in [1.29, 1.82) is 0 Å². The Labute approximate surface area is 191 Å². The Morgan fingerprint density at radius 2 is 0.839 bits per heavy atom. The first-order valence-corrected chi connectivity index (χ1v) is 18.7. The van der Waals surface area contributed by atoms with Crippen molar-refractivity contribution < 1.29 is 26.6 Å². The van der Waals surface area contributed by atoms with Crippen LogP contribution in [0.1, 0.15) is 22.3 Å². The van der Waals surface area contributed by atoms with E-state index in [1.807, 2.05) is 12.1 Å². The van der Waals surface area contributed by atoms with Crippen LogP contribution >= 0.6 is 0 Å². The van der Waals surface area contributed by atoms with Crippen molar-refractivity contribution in [3.8, 4) is 11.5 Å². The maximum atomic E-state index is 7.00. The maximum absolute atomic E-state index is 7.00. The van der Waals surface area contributed by atoms with E-state index in [4.69, 9.17) is 5.71 Å². The van der Waals surface area contributed by atoms with E-state index in [-0.39, 0.29) is 0 Å². The standard InChI is InChI=1S/2C7H8O.2C7H7.Hf/c2*1-6-4-2-3-5-7(6)8;2*1-7-5-3-2-4-6-7;/h2*2-5,8H,1H3;2*2-6H,1H2;/q;;;;+2/p-2. The molecule has 4 aromatic carbocycles. The molecule has 0 aliphatic rings. The number of benzene rings is 4. The Morgan fingerprint density at radius 3 is 1.23 bits per heavy atom. The third kappa shape index (κ3) is 5.74. The molecular weight excluding hydrogens is 547 g/mol. The molecule has 2 nitrogen and oxygen atoms in total. The first-order chi connectivity index (χ1) is 15.1. The molecule has 0 saturated carbocycles. The van der Waals surface area contributed by atoms with Gasteiger partial charge in [-0.15, -0.1) is 0 Å². The molecular formula is C28H28HfO2. The summed E-state index contributed by atoms with van der Waals surface area (Å²) >= 11 is -3.97.